The summed E-state index contributed by atoms with van der Waals surface area (Å²) in [5.41, 5.74) is -0.850. The topological polar surface area (TPSA) is 73.7 Å². The number of alkyl halides is 3. The molecule has 1 aromatic heterocycles. The summed E-state index contributed by atoms with van der Waals surface area (Å²) < 4.78 is 39.9. The van der Waals surface area contributed by atoms with E-state index >= 15 is 0 Å². The van der Waals surface area contributed by atoms with Crippen molar-refractivity contribution in [3.63, 3.8) is 0 Å². The first kappa shape index (κ1) is 17.2. The van der Waals surface area contributed by atoms with Crippen molar-refractivity contribution in [1.29, 1.82) is 0 Å². The molecule has 132 valence electrons. The number of benzene rings is 1. The molecule has 5 nitrogen and oxygen atoms in total. The predicted molar refractivity (Wildman–Crippen MR) is 81.7 cm³/mol. The lowest BCUT2D eigenvalue weighted by atomic mass is 9.97. The monoisotopic (exact) mass is 352 g/mol. The van der Waals surface area contributed by atoms with Crippen LogP contribution < -0.4 is 0 Å². The van der Waals surface area contributed by atoms with E-state index < -0.39 is 29.8 Å². The second-order valence-corrected chi connectivity index (χ2v) is 5.88. The van der Waals surface area contributed by atoms with Crippen LogP contribution in [0.5, 0.6) is 5.75 Å². The molecule has 1 aliphatic rings. The molecule has 0 bridgehead atoms. The van der Waals surface area contributed by atoms with Crippen molar-refractivity contribution in [3.05, 3.63) is 59.4 Å². The minimum absolute atomic E-state index is 0.00504. The van der Waals surface area contributed by atoms with E-state index in [4.69, 9.17) is 0 Å². The summed E-state index contributed by atoms with van der Waals surface area (Å²) in [5.74, 6) is -0.820. The standard InChI is InChI=1S/C17H15F3N2O3/c18-17(19,20)14-4-2-1-3-13(14)15-6-12(24)9-22(15)16(25)10-5-11(23)8-21-7-10/h1-5,7-8,12,15,23-24H,6,9H2/t12-,15-/m0/s1. The first-order valence-corrected chi connectivity index (χ1v) is 7.56. The second-order valence-electron chi connectivity index (χ2n) is 5.88. The lowest BCUT2D eigenvalue weighted by Crippen LogP contribution is -2.32. The first-order valence-electron chi connectivity index (χ1n) is 7.56. The lowest BCUT2D eigenvalue weighted by molar-refractivity contribution is -0.138. The van der Waals surface area contributed by atoms with Gasteiger partial charge in [0.05, 0.1) is 29.5 Å². The van der Waals surface area contributed by atoms with Crippen LogP contribution in [0.1, 0.15) is 33.9 Å². The van der Waals surface area contributed by atoms with Gasteiger partial charge in [0, 0.05) is 12.7 Å². The van der Waals surface area contributed by atoms with Crippen LogP contribution >= 0.6 is 0 Å². The zero-order valence-electron chi connectivity index (χ0n) is 12.9. The van der Waals surface area contributed by atoms with Crippen LogP contribution in [0.25, 0.3) is 0 Å². The average molecular weight is 352 g/mol. The summed E-state index contributed by atoms with van der Waals surface area (Å²) in [5, 5.41) is 19.4. The second kappa shape index (κ2) is 6.36. The minimum atomic E-state index is -4.56. The van der Waals surface area contributed by atoms with Gasteiger partial charge in [0.25, 0.3) is 5.91 Å². The molecule has 1 saturated heterocycles. The highest BCUT2D eigenvalue weighted by Crippen LogP contribution is 2.40. The summed E-state index contributed by atoms with van der Waals surface area (Å²) in [4.78, 5) is 17.6. The fraction of sp³-hybridized carbons (Fsp3) is 0.294. The number of hydrogen-bond acceptors (Lipinski definition) is 4. The Kier molecular flexibility index (Phi) is 4.38. The van der Waals surface area contributed by atoms with Crippen molar-refractivity contribution in [2.75, 3.05) is 6.54 Å². The van der Waals surface area contributed by atoms with E-state index in [2.05, 4.69) is 4.98 Å². The summed E-state index contributed by atoms with van der Waals surface area (Å²) in [6.07, 6.45) is -3.12. The zero-order chi connectivity index (χ0) is 18.2. The molecule has 0 aliphatic carbocycles. The van der Waals surface area contributed by atoms with Crippen molar-refractivity contribution < 1.29 is 28.2 Å². The van der Waals surface area contributed by atoms with Crippen LogP contribution in [0, 0.1) is 0 Å². The number of amides is 1. The van der Waals surface area contributed by atoms with Crippen LogP contribution in [-0.2, 0) is 6.18 Å². The SMILES string of the molecule is O=C(c1cncc(O)c1)N1C[C@@H](O)C[C@H]1c1ccccc1C(F)(F)F. The Morgan fingerprint density at radius 1 is 1.24 bits per heavy atom. The van der Waals surface area contributed by atoms with Crippen molar-refractivity contribution in [3.8, 4) is 5.75 Å². The Hall–Kier alpha value is -2.61. The van der Waals surface area contributed by atoms with Crippen LogP contribution in [0.4, 0.5) is 13.2 Å². The Morgan fingerprint density at radius 2 is 1.96 bits per heavy atom. The highest BCUT2D eigenvalue weighted by molar-refractivity contribution is 5.94. The number of carbonyl (C=O) groups is 1. The number of halogens is 3. The molecule has 1 amide bonds. The molecule has 1 aliphatic heterocycles. The summed E-state index contributed by atoms with van der Waals surface area (Å²) >= 11 is 0. The molecule has 1 aromatic carbocycles. The van der Waals surface area contributed by atoms with Crippen molar-refractivity contribution >= 4 is 5.91 Å². The number of likely N-dealkylation sites (tertiary alicyclic amines) is 1. The molecular formula is C17H15F3N2O3. The molecule has 0 saturated carbocycles. The largest absolute Gasteiger partial charge is 0.506 e. The molecule has 2 atom stereocenters. The predicted octanol–water partition coefficient (Wildman–Crippen LogP) is 2.75. The normalized spacial score (nSPS) is 20.7. The Labute approximate surface area is 141 Å². The Balaban J connectivity index is 2.00. The molecule has 25 heavy (non-hydrogen) atoms. The molecule has 0 radical (unpaired) electrons. The molecule has 2 N–H and O–H groups in total. The van der Waals surface area contributed by atoms with Gasteiger partial charge in [-0.2, -0.15) is 13.2 Å². The molecular weight excluding hydrogens is 337 g/mol. The molecule has 2 aromatic rings. The van der Waals surface area contributed by atoms with E-state index in [9.17, 15) is 28.2 Å². The van der Waals surface area contributed by atoms with Gasteiger partial charge in [-0.05, 0) is 24.1 Å². The van der Waals surface area contributed by atoms with Gasteiger partial charge in [-0.15, -0.1) is 0 Å². The van der Waals surface area contributed by atoms with E-state index in [-0.39, 0.29) is 29.8 Å². The van der Waals surface area contributed by atoms with E-state index in [0.29, 0.717) is 0 Å². The summed E-state index contributed by atoms with van der Waals surface area (Å²) in [7, 11) is 0. The van der Waals surface area contributed by atoms with Crippen LogP contribution in [-0.4, -0.2) is 38.7 Å². The van der Waals surface area contributed by atoms with E-state index in [1.807, 2.05) is 0 Å². The first-order chi connectivity index (χ1) is 11.8. The summed E-state index contributed by atoms with van der Waals surface area (Å²) in [6.45, 7) is -0.0919. The highest BCUT2D eigenvalue weighted by atomic mass is 19.4. The third-order valence-electron chi connectivity index (χ3n) is 4.14. The Bertz CT molecular complexity index is 795. The number of aromatic nitrogens is 1. The highest BCUT2D eigenvalue weighted by Gasteiger charge is 2.41. The molecule has 8 heteroatoms. The van der Waals surface area contributed by atoms with Gasteiger partial charge >= 0.3 is 6.18 Å². The van der Waals surface area contributed by atoms with Crippen molar-refractivity contribution in [2.24, 2.45) is 0 Å². The number of nitrogens with zero attached hydrogens (tertiary/aromatic N) is 2. The fourth-order valence-corrected chi connectivity index (χ4v) is 3.09. The molecule has 1 fully saturated rings. The smallest absolute Gasteiger partial charge is 0.416 e. The van der Waals surface area contributed by atoms with Gasteiger partial charge in [-0.1, -0.05) is 18.2 Å². The molecule has 0 unspecified atom stereocenters. The number of β-amino-alcohol motifs (C(OH)–C–C–N with tert-alkyl or cyclic N) is 1. The van der Waals surface area contributed by atoms with E-state index in [0.717, 1.165) is 12.3 Å². The van der Waals surface area contributed by atoms with Crippen LogP contribution in [0.15, 0.2) is 42.7 Å². The average Bonchev–Trinajstić information content (AvgIpc) is 2.95. The van der Waals surface area contributed by atoms with Gasteiger partial charge in [0.2, 0.25) is 0 Å². The molecule has 0 spiro atoms. The fourth-order valence-electron chi connectivity index (χ4n) is 3.09. The van der Waals surface area contributed by atoms with Gasteiger partial charge in [-0.25, -0.2) is 0 Å². The van der Waals surface area contributed by atoms with Crippen molar-refractivity contribution in [1.82, 2.24) is 9.88 Å². The number of hydrogen-bond donors (Lipinski definition) is 2. The quantitative estimate of drug-likeness (QED) is 0.872. The third kappa shape index (κ3) is 3.43. The van der Waals surface area contributed by atoms with Crippen LogP contribution in [0.3, 0.4) is 0 Å². The van der Waals surface area contributed by atoms with Gasteiger partial charge < -0.3 is 15.1 Å². The number of aliphatic hydroxyl groups is 1. The Morgan fingerprint density at radius 3 is 2.64 bits per heavy atom. The van der Waals surface area contributed by atoms with Crippen molar-refractivity contribution in [2.45, 2.75) is 24.7 Å². The number of carbonyl (C=O) groups excluding carboxylic acids is 1. The molecule has 3 rings (SSSR count). The third-order valence-corrected chi connectivity index (χ3v) is 4.14. The van der Waals surface area contributed by atoms with Gasteiger partial charge in [0.1, 0.15) is 5.75 Å². The number of pyridine rings is 1. The lowest BCUT2D eigenvalue weighted by Gasteiger charge is -2.27. The number of rotatable bonds is 2. The van der Waals surface area contributed by atoms with Gasteiger partial charge in [0.15, 0.2) is 0 Å². The maximum absolute atomic E-state index is 13.3. The maximum Gasteiger partial charge on any atom is 0.416 e. The zero-order valence-corrected chi connectivity index (χ0v) is 12.9. The molecule has 2 heterocycles. The summed E-state index contributed by atoms with van der Waals surface area (Å²) in [6, 6.07) is 5.29. The number of aliphatic hydroxyl groups excluding tert-OH is 1. The maximum atomic E-state index is 13.3. The van der Waals surface area contributed by atoms with Gasteiger partial charge in [-0.3, -0.25) is 9.78 Å². The van der Waals surface area contributed by atoms with E-state index in [1.54, 1.807) is 0 Å². The minimum Gasteiger partial charge on any atom is -0.506 e. The van der Waals surface area contributed by atoms with E-state index in [1.165, 1.54) is 35.4 Å². The van der Waals surface area contributed by atoms with Crippen LogP contribution in [0.2, 0.25) is 0 Å². The number of aromatic hydroxyl groups is 1.